The molecule has 0 aromatic carbocycles. The Bertz CT molecular complexity index is 426. The lowest BCUT2D eigenvalue weighted by molar-refractivity contribution is -0.143. The minimum atomic E-state index is -0.210. The molecule has 2 amide bonds. The van der Waals surface area contributed by atoms with E-state index in [2.05, 4.69) is 15.1 Å². The van der Waals surface area contributed by atoms with Crippen LogP contribution in [0.1, 0.15) is 51.4 Å². The summed E-state index contributed by atoms with van der Waals surface area (Å²) in [7, 11) is 1.68. The maximum atomic E-state index is 13.2. The third-order valence-corrected chi connectivity index (χ3v) is 5.87. The molecular weight excluding hydrogens is 278 g/mol. The van der Waals surface area contributed by atoms with Crippen LogP contribution in [0.15, 0.2) is 0 Å². The van der Waals surface area contributed by atoms with Crippen LogP contribution < -0.4 is 5.32 Å². The summed E-state index contributed by atoms with van der Waals surface area (Å²) in [6.07, 6.45) is 8.40. The van der Waals surface area contributed by atoms with Gasteiger partial charge in [0.2, 0.25) is 11.8 Å². The molecule has 3 rings (SSSR count). The van der Waals surface area contributed by atoms with E-state index in [-0.39, 0.29) is 11.4 Å². The van der Waals surface area contributed by atoms with Crippen molar-refractivity contribution in [3.63, 3.8) is 0 Å². The molecule has 1 aliphatic carbocycles. The van der Waals surface area contributed by atoms with E-state index in [9.17, 15) is 9.59 Å². The molecule has 0 radical (unpaired) electrons. The second kappa shape index (κ2) is 6.57. The predicted molar refractivity (Wildman–Crippen MR) is 85.4 cm³/mol. The molecule has 0 unspecified atom stereocenters. The summed E-state index contributed by atoms with van der Waals surface area (Å²) in [5.41, 5.74) is -0.210. The Hall–Kier alpha value is -1.10. The van der Waals surface area contributed by atoms with Crippen LogP contribution in [0.25, 0.3) is 0 Å². The molecule has 3 fully saturated rings. The van der Waals surface area contributed by atoms with Crippen LogP contribution in [0.4, 0.5) is 0 Å². The summed E-state index contributed by atoms with van der Waals surface area (Å²) in [6.45, 7) is 3.76. The molecule has 2 aliphatic heterocycles. The van der Waals surface area contributed by atoms with Gasteiger partial charge < -0.3 is 10.2 Å². The van der Waals surface area contributed by atoms with Crippen LogP contribution in [-0.4, -0.2) is 60.4 Å². The Balaban J connectivity index is 1.66. The van der Waals surface area contributed by atoms with Gasteiger partial charge in [-0.3, -0.25) is 14.5 Å². The van der Waals surface area contributed by atoms with E-state index in [1.807, 2.05) is 0 Å². The van der Waals surface area contributed by atoms with Crippen molar-refractivity contribution in [2.24, 2.45) is 5.92 Å². The number of hydrogen-bond donors (Lipinski definition) is 1. The van der Waals surface area contributed by atoms with E-state index in [1.54, 1.807) is 7.05 Å². The average molecular weight is 307 g/mol. The maximum absolute atomic E-state index is 13.2. The second-order valence-corrected chi connectivity index (χ2v) is 7.22. The first-order valence-corrected chi connectivity index (χ1v) is 8.91. The molecule has 5 heteroatoms. The normalized spacial score (nSPS) is 28.2. The number of nitrogens with zero attached hydrogens (tertiary/aromatic N) is 2. The Kier molecular flexibility index (Phi) is 4.71. The topological polar surface area (TPSA) is 52.7 Å². The summed E-state index contributed by atoms with van der Waals surface area (Å²) >= 11 is 0. The van der Waals surface area contributed by atoms with Crippen LogP contribution in [0.3, 0.4) is 0 Å². The van der Waals surface area contributed by atoms with Crippen molar-refractivity contribution in [3.05, 3.63) is 0 Å². The van der Waals surface area contributed by atoms with E-state index >= 15 is 0 Å². The fourth-order valence-corrected chi connectivity index (χ4v) is 4.61. The standard InChI is InChI=1S/C17H29N3O2/c1-18-15(21)12-14-6-11-19(13-14)16(22)17(7-2-3-8-17)20-9-4-5-10-20/h14H,2-13H2,1H3,(H,18,21)/t14-/m0/s1. The molecule has 3 aliphatic rings. The molecule has 0 aromatic heterocycles. The van der Waals surface area contributed by atoms with Crippen molar-refractivity contribution in [1.29, 1.82) is 0 Å². The number of carbonyl (C=O) groups excluding carboxylic acids is 2. The molecule has 1 saturated carbocycles. The molecule has 2 saturated heterocycles. The first-order valence-electron chi connectivity index (χ1n) is 8.91. The van der Waals surface area contributed by atoms with Crippen molar-refractivity contribution in [1.82, 2.24) is 15.1 Å². The van der Waals surface area contributed by atoms with E-state index in [1.165, 1.54) is 25.7 Å². The number of nitrogens with one attached hydrogen (secondary N) is 1. The lowest BCUT2D eigenvalue weighted by Crippen LogP contribution is -2.57. The summed E-state index contributed by atoms with van der Waals surface area (Å²) in [5.74, 6) is 0.779. The smallest absolute Gasteiger partial charge is 0.243 e. The molecule has 0 bridgehead atoms. The van der Waals surface area contributed by atoms with Gasteiger partial charge in [0.25, 0.3) is 0 Å². The molecule has 0 aromatic rings. The number of rotatable bonds is 4. The van der Waals surface area contributed by atoms with Gasteiger partial charge >= 0.3 is 0 Å². The minimum absolute atomic E-state index is 0.0921. The van der Waals surface area contributed by atoms with Crippen LogP contribution in [0.2, 0.25) is 0 Å². The molecule has 5 nitrogen and oxygen atoms in total. The van der Waals surface area contributed by atoms with Crippen molar-refractivity contribution >= 4 is 11.8 Å². The zero-order valence-electron chi connectivity index (χ0n) is 13.8. The molecule has 2 heterocycles. The lowest BCUT2D eigenvalue weighted by Gasteiger charge is -2.40. The molecule has 124 valence electrons. The van der Waals surface area contributed by atoms with Crippen LogP contribution in [0.5, 0.6) is 0 Å². The zero-order chi connectivity index (χ0) is 15.6. The summed E-state index contributed by atoms with van der Waals surface area (Å²) in [4.78, 5) is 29.3. The minimum Gasteiger partial charge on any atom is -0.359 e. The van der Waals surface area contributed by atoms with Gasteiger partial charge in [-0.1, -0.05) is 12.8 Å². The summed E-state index contributed by atoms with van der Waals surface area (Å²) in [6, 6.07) is 0. The third kappa shape index (κ3) is 2.87. The van der Waals surface area contributed by atoms with Gasteiger partial charge in [0.05, 0.1) is 0 Å². The number of amides is 2. The average Bonchev–Trinajstić information content (AvgIpc) is 3.26. The van der Waals surface area contributed by atoms with Crippen molar-refractivity contribution in [3.8, 4) is 0 Å². The van der Waals surface area contributed by atoms with Crippen molar-refractivity contribution in [2.75, 3.05) is 33.2 Å². The van der Waals surface area contributed by atoms with Crippen LogP contribution in [-0.2, 0) is 9.59 Å². The lowest BCUT2D eigenvalue weighted by atomic mass is 9.93. The van der Waals surface area contributed by atoms with Gasteiger partial charge in [0.1, 0.15) is 5.54 Å². The highest BCUT2D eigenvalue weighted by Crippen LogP contribution is 2.40. The van der Waals surface area contributed by atoms with E-state index in [4.69, 9.17) is 0 Å². The second-order valence-electron chi connectivity index (χ2n) is 7.22. The van der Waals surface area contributed by atoms with E-state index in [0.29, 0.717) is 18.2 Å². The van der Waals surface area contributed by atoms with E-state index < -0.39 is 0 Å². The Morgan fingerprint density at radius 1 is 1.09 bits per heavy atom. The van der Waals surface area contributed by atoms with Crippen molar-refractivity contribution < 1.29 is 9.59 Å². The Labute approximate surface area is 133 Å². The summed E-state index contributed by atoms with van der Waals surface area (Å²) in [5, 5.41) is 2.69. The number of carbonyl (C=O) groups is 2. The maximum Gasteiger partial charge on any atom is 0.243 e. The highest BCUT2D eigenvalue weighted by atomic mass is 16.2. The van der Waals surface area contributed by atoms with Crippen LogP contribution in [0, 0.1) is 5.92 Å². The van der Waals surface area contributed by atoms with Gasteiger partial charge in [0, 0.05) is 26.6 Å². The molecule has 0 spiro atoms. The fourth-order valence-electron chi connectivity index (χ4n) is 4.61. The highest BCUT2D eigenvalue weighted by molar-refractivity contribution is 5.87. The molecule has 1 N–H and O–H groups in total. The fraction of sp³-hybridized carbons (Fsp3) is 0.882. The SMILES string of the molecule is CNC(=O)C[C@@H]1CCN(C(=O)C2(N3CCCC3)CCCC2)C1. The van der Waals surface area contributed by atoms with Crippen LogP contribution >= 0.6 is 0 Å². The van der Waals surface area contributed by atoms with E-state index in [0.717, 1.165) is 45.4 Å². The highest BCUT2D eigenvalue weighted by Gasteiger charge is 2.49. The molecular formula is C17H29N3O2. The van der Waals surface area contributed by atoms with Gasteiger partial charge in [0.15, 0.2) is 0 Å². The Morgan fingerprint density at radius 2 is 1.77 bits per heavy atom. The first-order chi connectivity index (χ1) is 10.7. The number of likely N-dealkylation sites (tertiary alicyclic amines) is 2. The van der Waals surface area contributed by atoms with Gasteiger partial charge in [-0.05, 0) is 51.1 Å². The molecule has 1 atom stereocenters. The predicted octanol–water partition coefficient (Wildman–Crippen LogP) is 1.38. The Morgan fingerprint density at radius 3 is 2.41 bits per heavy atom. The largest absolute Gasteiger partial charge is 0.359 e. The number of hydrogen-bond acceptors (Lipinski definition) is 3. The third-order valence-electron chi connectivity index (χ3n) is 5.87. The van der Waals surface area contributed by atoms with Gasteiger partial charge in [-0.15, -0.1) is 0 Å². The van der Waals surface area contributed by atoms with Crippen molar-refractivity contribution in [2.45, 2.75) is 56.9 Å². The zero-order valence-corrected chi connectivity index (χ0v) is 13.8. The first kappa shape index (κ1) is 15.8. The quantitative estimate of drug-likeness (QED) is 0.854. The van der Waals surface area contributed by atoms with Gasteiger partial charge in [-0.2, -0.15) is 0 Å². The monoisotopic (exact) mass is 307 g/mol. The van der Waals surface area contributed by atoms with Gasteiger partial charge in [-0.25, -0.2) is 0 Å². The summed E-state index contributed by atoms with van der Waals surface area (Å²) < 4.78 is 0. The molecule has 22 heavy (non-hydrogen) atoms.